The lowest BCUT2D eigenvalue weighted by Crippen LogP contribution is -2.38. The zero-order valence-electron chi connectivity index (χ0n) is 18.0. The van der Waals surface area contributed by atoms with Crippen LogP contribution in [0, 0.1) is 5.92 Å². The van der Waals surface area contributed by atoms with E-state index in [1.54, 1.807) is 30.5 Å². The van der Waals surface area contributed by atoms with Crippen molar-refractivity contribution in [2.24, 2.45) is 16.0 Å². The highest BCUT2D eigenvalue weighted by Gasteiger charge is 2.27. The number of amidine groups is 1. The molecule has 9 nitrogen and oxygen atoms in total. The second-order valence-electron chi connectivity index (χ2n) is 8.02. The molecule has 32 heavy (non-hydrogen) atoms. The number of aromatic nitrogens is 1. The maximum atomic E-state index is 12.2. The van der Waals surface area contributed by atoms with E-state index in [1.807, 2.05) is 13.0 Å². The smallest absolute Gasteiger partial charge is 0.259 e. The number of carbonyl (C=O) groups is 1. The summed E-state index contributed by atoms with van der Waals surface area (Å²) in [6, 6.07) is 8.82. The first-order valence-electron chi connectivity index (χ1n) is 10.7. The van der Waals surface area contributed by atoms with Crippen molar-refractivity contribution in [3.8, 4) is 5.75 Å². The third kappa shape index (κ3) is 4.85. The van der Waals surface area contributed by atoms with Crippen LogP contribution in [0.2, 0.25) is 0 Å². The van der Waals surface area contributed by atoms with Crippen molar-refractivity contribution in [1.29, 1.82) is 0 Å². The van der Waals surface area contributed by atoms with Gasteiger partial charge in [-0.25, -0.2) is 13.4 Å². The summed E-state index contributed by atoms with van der Waals surface area (Å²) >= 11 is 0. The minimum atomic E-state index is -3.58. The highest BCUT2D eigenvalue weighted by atomic mass is 32.2. The Bertz CT molecular complexity index is 1150. The van der Waals surface area contributed by atoms with Gasteiger partial charge in [-0.15, -0.1) is 4.40 Å². The summed E-state index contributed by atoms with van der Waals surface area (Å²) in [6.07, 6.45) is 3.64. The fraction of sp³-hybridized carbons (Fsp3) is 0.409. The van der Waals surface area contributed by atoms with Crippen LogP contribution < -0.4 is 20.7 Å². The third-order valence-corrected chi connectivity index (χ3v) is 6.76. The van der Waals surface area contributed by atoms with E-state index in [1.165, 1.54) is 0 Å². The molecule has 0 saturated carbocycles. The SMILES string of the molecule is CCNC(=O)c1ccnc(N2CCC[C@H](COc3cccc4c3C(N)=NS(=O)(=O)C4)C2)c1. The number of nitrogens with zero attached hydrogens (tertiary/aromatic N) is 3. The summed E-state index contributed by atoms with van der Waals surface area (Å²) in [4.78, 5) is 18.8. The molecule has 0 bridgehead atoms. The quantitative estimate of drug-likeness (QED) is 0.675. The Labute approximate surface area is 187 Å². The third-order valence-electron chi connectivity index (χ3n) is 5.61. The van der Waals surface area contributed by atoms with Gasteiger partial charge in [-0.3, -0.25) is 4.79 Å². The number of hydrogen-bond donors (Lipinski definition) is 2. The molecule has 2 aromatic rings. The normalized spacial score (nSPS) is 19.6. The average molecular weight is 458 g/mol. The molecule has 1 aromatic carbocycles. The molecule has 1 amide bonds. The average Bonchev–Trinajstić information content (AvgIpc) is 2.77. The zero-order valence-corrected chi connectivity index (χ0v) is 18.8. The lowest BCUT2D eigenvalue weighted by Gasteiger charge is -2.33. The van der Waals surface area contributed by atoms with Crippen LogP contribution in [0.15, 0.2) is 40.9 Å². The Balaban J connectivity index is 1.44. The predicted octanol–water partition coefficient (Wildman–Crippen LogP) is 1.68. The monoisotopic (exact) mass is 457 g/mol. The number of fused-ring (bicyclic) bond motifs is 1. The van der Waals surface area contributed by atoms with Crippen LogP contribution in [0.4, 0.5) is 5.82 Å². The Hall–Kier alpha value is -3.14. The Morgan fingerprint density at radius 3 is 3.00 bits per heavy atom. The lowest BCUT2D eigenvalue weighted by molar-refractivity contribution is 0.0955. The minimum absolute atomic E-state index is 0.0292. The van der Waals surface area contributed by atoms with Crippen molar-refractivity contribution in [3.63, 3.8) is 0 Å². The van der Waals surface area contributed by atoms with E-state index in [-0.39, 0.29) is 23.4 Å². The van der Waals surface area contributed by atoms with E-state index >= 15 is 0 Å². The summed E-state index contributed by atoms with van der Waals surface area (Å²) < 4.78 is 33.5. The van der Waals surface area contributed by atoms with Gasteiger partial charge < -0.3 is 20.7 Å². The number of nitrogens with two attached hydrogens (primary N) is 1. The number of rotatable bonds is 6. The summed E-state index contributed by atoms with van der Waals surface area (Å²) in [6.45, 7) is 4.53. The first-order valence-corrected chi connectivity index (χ1v) is 12.3. The molecule has 3 N–H and O–H groups in total. The van der Waals surface area contributed by atoms with E-state index in [4.69, 9.17) is 10.5 Å². The second kappa shape index (κ2) is 9.15. The van der Waals surface area contributed by atoms with E-state index in [9.17, 15) is 13.2 Å². The summed E-state index contributed by atoms with van der Waals surface area (Å²) in [5, 5.41) is 2.81. The van der Waals surface area contributed by atoms with E-state index < -0.39 is 10.0 Å². The van der Waals surface area contributed by atoms with Crippen LogP contribution in [0.25, 0.3) is 0 Å². The molecule has 1 atom stereocenters. The van der Waals surface area contributed by atoms with Gasteiger partial charge in [0.15, 0.2) is 0 Å². The molecule has 170 valence electrons. The lowest BCUT2D eigenvalue weighted by atomic mass is 9.98. The molecule has 4 rings (SSSR count). The number of sulfonamides is 1. The molecule has 1 saturated heterocycles. The summed E-state index contributed by atoms with van der Waals surface area (Å²) in [5.41, 5.74) is 7.69. The van der Waals surface area contributed by atoms with Gasteiger partial charge in [-0.1, -0.05) is 12.1 Å². The van der Waals surface area contributed by atoms with Gasteiger partial charge in [-0.2, -0.15) is 0 Å². The molecular formula is C22H27N5O4S. The maximum absolute atomic E-state index is 12.2. The van der Waals surface area contributed by atoms with Gasteiger partial charge in [0.1, 0.15) is 17.4 Å². The summed E-state index contributed by atoms with van der Waals surface area (Å²) in [7, 11) is -3.58. The number of benzene rings is 1. The number of amides is 1. The van der Waals surface area contributed by atoms with Crippen molar-refractivity contribution in [2.75, 3.05) is 31.1 Å². The second-order valence-corrected chi connectivity index (χ2v) is 9.66. The van der Waals surface area contributed by atoms with Gasteiger partial charge in [0.05, 0.1) is 17.9 Å². The maximum Gasteiger partial charge on any atom is 0.259 e. The van der Waals surface area contributed by atoms with Crippen molar-refractivity contribution in [3.05, 3.63) is 53.2 Å². The first-order chi connectivity index (χ1) is 15.4. The number of anilines is 1. The van der Waals surface area contributed by atoms with E-state index in [0.717, 1.165) is 31.7 Å². The number of hydrogen-bond acceptors (Lipinski definition) is 7. The molecule has 0 radical (unpaired) electrons. The molecule has 0 spiro atoms. The van der Waals surface area contributed by atoms with Crippen LogP contribution in [0.5, 0.6) is 5.75 Å². The van der Waals surface area contributed by atoms with Crippen LogP contribution >= 0.6 is 0 Å². The van der Waals surface area contributed by atoms with Crippen LogP contribution in [-0.2, 0) is 15.8 Å². The van der Waals surface area contributed by atoms with Gasteiger partial charge in [0.25, 0.3) is 15.9 Å². The number of carbonyl (C=O) groups excluding carboxylic acids is 1. The fourth-order valence-electron chi connectivity index (χ4n) is 4.14. The molecule has 1 aromatic heterocycles. The van der Waals surface area contributed by atoms with E-state index in [0.29, 0.717) is 35.6 Å². The molecule has 10 heteroatoms. The van der Waals surface area contributed by atoms with Gasteiger partial charge in [-0.05, 0) is 43.5 Å². The minimum Gasteiger partial charge on any atom is -0.492 e. The van der Waals surface area contributed by atoms with E-state index in [2.05, 4.69) is 19.6 Å². The van der Waals surface area contributed by atoms with Crippen LogP contribution in [0.1, 0.15) is 41.3 Å². The van der Waals surface area contributed by atoms with Crippen molar-refractivity contribution in [1.82, 2.24) is 10.3 Å². The Morgan fingerprint density at radius 1 is 1.34 bits per heavy atom. The Morgan fingerprint density at radius 2 is 2.19 bits per heavy atom. The van der Waals surface area contributed by atoms with Crippen LogP contribution in [0.3, 0.4) is 0 Å². The van der Waals surface area contributed by atoms with Gasteiger partial charge in [0.2, 0.25) is 0 Å². The Kier molecular flexibility index (Phi) is 6.31. The highest BCUT2D eigenvalue weighted by molar-refractivity contribution is 7.89. The molecule has 2 aliphatic rings. The van der Waals surface area contributed by atoms with Crippen LogP contribution in [-0.4, -0.2) is 51.4 Å². The van der Waals surface area contributed by atoms with Crippen molar-refractivity contribution < 1.29 is 17.9 Å². The van der Waals surface area contributed by atoms with Gasteiger partial charge >= 0.3 is 0 Å². The van der Waals surface area contributed by atoms with Crippen molar-refractivity contribution in [2.45, 2.75) is 25.5 Å². The standard InChI is InChI=1S/C22H27N5O4S/c1-2-24-22(28)16-8-9-25-19(11-16)27-10-4-5-15(12-27)13-31-18-7-3-6-17-14-32(29,30)26-21(23)20(17)18/h3,6-9,11,15H,2,4-5,10,12-14H2,1H3,(H2,23,26)(H,24,28)/t15-/m0/s1. The number of pyridine rings is 1. The topological polar surface area (TPSA) is 127 Å². The largest absolute Gasteiger partial charge is 0.492 e. The fourth-order valence-corrected chi connectivity index (χ4v) is 5.23. The first kappa shape index (κ1) is 22.1. The summed E-state index contributed by atoms with van der Waals surface area (Å²) in [5.74, 6) is 1.26. The molecule has 3 heterocycles. The molecule has 1 fully saturated rings. The number of ether oxygens (including phenoxy) is 1. The predicted molar refractivity (Wildman–Crippen MR) is 122 cm³/mol. The number of nitrogens with one attached hydrogen (secondary N) is 1. The van der Waals surface area contributed by atoms with Crippen molar-refractivity contribution >= 4 is 27.6 Å². The van der Waals surface area contributed by atoms with Gasteiger partial charge in [0, 0.05) is 37.3 Å². The molecule has 0 aliphatic carbocycles. The molecule has 0 unspecified atom stereocenters. The zero-order chi connectivity index (χ0) is 22.7. The highest BCUT2D eigenvalue weighted by Crippen LogP contribution is 2.29. The molecule has 2 aliphatic heterocycles. The molecular weight excluding hydrogens is 430 g/mol. The number of piperidine rings is 1.